The second-order valence-corrected chi connectivity index (χ2v) is 9.58. The Hall–Kier alpha value is -1.01. The van der Waals surface area contributed by atoms with Crippen LogP contribution in [0.25, 0.3) is 0 Å². The molecular formula is C19H29N3O2S. The summed E-state index contributed by atoms with van der Waals surface area (Å²) in [7, 11) is 0. The zero-order valence-corrected chi connectivity index (χ0v) is 16.2. The first-order valence-electron chi connectivity index (χ1n) is 9.66. The van der Waals surface area contributed by atoms with Crippen molar-refractivity contribution < 1.29 is 9.59 Å². The second-order valence-electron chi connectivity index (χ2n) is 8.29. The Balaban J connectivity index is 1.65. The van der Waals surface area contributed by atoms with E-state index in [4.69, 9.17) is 0 Å². The van der Waals surface area contributed by atoms with Crippen LogP contribution in [0, 0.1) is 11.8 Å². The summed E-state index contributed by atoms with van der Waals surface area (Å²) in [6, 6.07) is 0.427. The molecule has 0 aromatic rings. The summed E-state index contributed by atoms with van der Waals surface area (Å²) >= 11 is 1.74. The van der Waals surface area contributed by atoms with Crippen LogP contribution in [-0.4, -0.2) is 46.0 Å². The Labute approximate surface area is 154 Å². The number of hydrogen-bond donors (Lipinski definition) is 2. The molecule has 2 N–H and O–H groups in total. The highest BCUT2D eigenvalue weighted by atomic mass is 32.2. The van der Waals surface area contributed by atoms with E-state index in [0.29, 0.717) is 17.9 Å². The van der Waals surface area contributed by atoms with Crippen LogP contribution in [0.15, 0.2) is 11.3 Å². The van der Waals surface area contributed by atoms with Crippen LogP contribution >= 0.6 is 11.8 Å². The molecule has 3 aliphatic heterocycles. The van der Waals surface area contributed by atoms with Crippen molar-refractivity contribution in [2.75, 3.05) is 6.54 Å². The number of rotatable bonds is 1. The summed E-state index contributed by atoms with van der Waals surface area (Å²) in [4.78, 5) is 27.8. The quantitative estimate of drug-likeness (QED) is 0.750. The first kappa shape index (κ1) is 17.4. The fourth-order valence-electron chi connectivity index (χ4n) is 5.21. The molecule has 138 valence electrons. The number of allylic oxidation sites excluding steroid dienone is 2. The normalized spacial score (nSPS) is 42.0. The molecule has 25 heavy (non-hydrogen) atoms. The third kappa shape index (κ3) is 3.01. The number of piperidine rings is 1. The molecule has 3 fully saturated rings. The molecule has 2 amide bonds. The Kier molecular flexibility index (Phi) is 4.61. The van der Waals surface area contributed by atoms with Gasteiger partial charge in [-0.25, -0.2) is 0 Å². The van der Waals surface area contributed by atoms with Gasteiger partial charge >= 0.3 is 0 Å². The lowest BCUT2D eigenvalue weighted by Gasteiger charge is -2.38. The number of carbonyl (C=O) groups excluding carboxylic acids is 2. The van der Waals surface area contributed by atoms with Crippen molar-refractivity contribution in [3.05, 3.63) is 11.3 Å². The summed E-state index contributed by atoms with van der Waals surface area (Å²) in [5.41, 5.74) is 2.39. The summed E-state index contributed by atoms with van der Waals surface area (Å²) in [6.07, 6.45) is 5.37. The van der Waals surface area contributed by atoms with Gasteiger partial charge in [-0.15, -0.1) is 11.8 Å². The molecule has 0 bridgehead atoms. The van der Waals surface area contributed by atoms with Gasteiger partial charge in [-0.1, -0.05) is 12.5 Å². The SMILES string of the molecule is CC1=C(N2CC(=O)NC3C(SC4NC(C)CC(C)C43)C2=O)CCCC1. The molecule has 0 aromatic carbocycles. The molecule has 0 saturated carbocycles. The highest BCUT2D eigenvalue weighted by molar-refractivity contribution is 8.01. The molecule has 0 spiro atoms. The predicted octanol–water partition coefficient (Wildman–Crippen LogP) is 2.24. The van der Waals surface area contributed by atoms with E-state index < -0.39 is 0 Å². The number of carbonyl (C=O) groups is 2. The van der Waals surface area contributed by atoms with Gasteiger partial charge in [0.2, 0.25) is 11.8 Å². The molecule has 6 atom stereocenters. The predicted molar refractivity (Wildman–Crippen MR) is 99.8 cm³/mol. The number of nitrogens with zero attached hydrogens (tertiary/aromatic N) is 1. The lowest BCUT2D eigenvalue weighted by atomic mass is 9.79. The van der Waals surface area contributed by atoms with E-state index in [-0.39, 0.29) is 35.0 Å². The van der Waals surface area contributed by atoms with Crippen molar-refractivity contribution >= 4 is 23.6 Å². The van der Waals surface area contributed by atoms with Crippen LogP contribution in [0.1, 0.15) is 52.9 Å². The highest BCUT2D eigenvalue weighted by Gasteiger charge is 2.54. The van der Waals surface area contributed by atoms with Crippen molar-refractivity contribution in [3.8, 4) is 0 Å². The Morgan fingerprint density at radius 3 is 2.68 bits per heavy atom. The monoisotopic (exact) mass is 363 g/mol. The number of fused-ring (bicyclic) bond motifs is 3. The maximum absolute atomic E-state index is 13.4. The fraction of sp³-hybridized carbons (Fsp3) is 0.789. The molecule has 0 aromatic heterocycles. The fourth-order valence-corrected chi connectivity index (χ4v) is 7.12. The summed E-state index contributed by atoms with van der Waals surface area (Å²) < 4.78 is 0. The Morgan fingerprint density at radius 2 is 1.92 bits per heavy atom. The van der Waals surface area contributed by atoms with Gasteiger partial charge < -0.3 is 15.5 Å². The first-order chi connectivity index (χ1) is 12.0. The van der Waals surface area contributed by atoms with E-state index in [1.165, 1.54) is 12.0 Å². The van der Waals surface area contributed by atoms with Crippen LogP contribution in [-0.2, 0) is 9.59 Å². The van der Waals surface area contributed by atoms with E-state index in [2.05, 4.69) is 31.4 Å². The maximum Gasteiger partial charge on any atom is 0.242 e. The highest BCUT2D eigenvalue weighted by Crippen LogP contribution is 2.47. The average molecular weight is 364 g/mol. The minimum absolute atomic E-state index is 0.00112. The van der Waals surface area contributed by atoms with Crippen molar-refractivity contribution in [1.29, 1.82) is 0 Å². The van der Waals surface area contributed by atoms with Gasteiger partial charge in [0.15, 0.2) is 0 Å². The smallest absolute Gasteiger partial charge is 0.242 e. The summed E-state index contributed by atoms with van der Waals surface area (Å²) in [5, 5.41) is 6.97. The van der Waals surface area contributed by atoms with Crippen molar-refractivity contribution in [3.63, 3.8) is 0 Å². The van der Waals surface area contributed by atoms with E-state index in [1.54, 1.807) is 11.8 Å². The molecule has 0 radical (unpaired) electrons. The van der Waals surface area contributed by atoms with E-state index in [9.17, 15) is 9.59 Å². The lowest BCUT2D eigenvalue weighted by molar-refractivity contribution is -0.131. The van der Waals surface area contributed by atoms with Gasteiger partial charge in [0.25, 0.3) is 0 Å². The largest absolute Gasteiger partial charge is 0.350 e. The number of amides is 2. The molecular weight excluding hydrogens is 334 g/mol. The van der Waals surface area contributed by atoms with Gasteiger partial charge in [0.05, 0.1) is 11.4 Å². The Morgan fingerprint density at radius 1 is 1.16 bits per heavy atom. The van der Waals surface area contributed by atoms with Gasteiger partial charge in [-0.3, -0.25) is 9.59 Å². The van der Waals surface area contributed by atoms with Crippen LogP contribution in [0.5, 0.6) is 0 Å². The molecule has 6 unspecified atom stereocenters. The molecule has 4 aliphatic rings. The zero-order valence-electron chi connectivity index (χ0n) is 15.4. The van der Waals surface area contributed by atoms with E-state index in [1.807, 2.05) is 4.90 Å². The number of nitrogens with one attached hydrogen (secondary N) is 2. The summed E-state index contributed by atoms with van der Waals surface area (Å²) in [6.45, 7) is 6.79. The Bertz CT molecular complexity index is 620. The average Bonchev–Trinajstić information content (AvgIpc) is 2.85. The minimum atomic E-state index is -0.163. The number of hydrogen-bond acceptors (Lipinski definition) is 4. The standard InChI is InChI=1S/C19H29N3O2S/c1-10-6-4-5-7-13(10)22-9-14(23)21-16-15-11(2)8-12(3)20-18(15)25-17(16)19(22)24/h11-12,15-18,20H,4-9H2,1-3H3,(H,21,23). The van der Waals surface area contributed by atoms with Crippen LogP contribution < -0.4 is 10.6 Å². The second kappa shape index (κ2) is 6.62. The van der Waals surface area contributed by atoms with Crippen LogP contribution in [0.3, 0.4) is 0 Å². The van der Waals surface area contributed by atoms with Crippen LogP contribution in [0.4, 0.5) is 0 Å². The maximum atomic E-state index is 13.4. The first-order valence-corrected chi connectivity index (χ1v) is 10.6. The third-order valence-corrected chi connectivity index (χ3v) is 7.92. The van der Waals surface area contributed by atoms with E-state index in [0.717, 1.165) is 31.4 Å². The minimum Gasteiger partial charge on any atom is -0.350 e. The molecule has 3 heterocycles. The van der Waals surface area contributed by atoms with Gasteiger partial charge in [0, 0.05) is 17.7 Å². The lowest BCUT2D eigenvalue weighted by Crippen LogP contribution is -2.53. The number of thioether (sulfide) groups is 1. The third-order valence-electron chi connectivity index (χ3n) is 6.39. The van der Waals surface area contributed by atoms with Crippen LogP contribution in [0.2, 0.25) is 0 Å². The van der Waals surface area contributed by atoms with Crippen molar-refractivity contribution in [2.45, 2.75) is 75.6 Å². The van der Waals surface area contributed by atoms with Crippen molar-refractivity contribution in [1.82, 2.24) is 15.5 Å². The van der Waals surface area contributed by atoms with Gasteiger partial charge in [0.1, 0.15) is 11.8 Å². The van der Waals surface area contributed by atoms with Crippen molar-refractivity contribution in [2.24, 2.45) is 11.8 Å². The molecule has 6 heteroatoms. The van der Waals surface area contributed by atoms with E-state index >= 15 is 0 Å². The van der Waals surface area contributed by atoms with Gasteiger partial charge in [-0.05, 0) is 51.9 Å². The topological polar surface area (TPSA) is 61.4 Å². The summed E-state index contributed by atoms with van der Waals surface area (Å²) in [5.74, 6) is 0.985. The van der Waals surface area contributed by atoms with Gasteiger partial charge in [-0.2, -0.15) is 0 Å². The molecule has 4 rings (SSSR count). The zero-order chi connectivity index (χ0) is 17.7. The molecule has 3 saturated heterocycles. The molecule has 5 nitrogen and oxygen atoms in total. The molecule has 1 aliphatic carbocycles.